The van der Waals surface area contributed by atoms with E-state index in [2.05, 4.69) is 26.1 Å². The first-order chi connectivity index (χ1) is 16.5. The third-order valence-corrected chi connectivity index (χ3v) is 5.61. The third-order valence-electron chi connectivity index (χ3n) is 5.61. The van der Waals surface area contributed by atoms with Gasteiger partial charge in [0.15, 0.2) is 0 Å². The highest BCUT2D eigenvalue weighted by atomic mass is 19.1. The van der Waals surface area contributed by atoms with Gasteiger partial charge in [-0.1, -0.05) is 51.1 Å². The largest absolute Gasteiger partial charge is 0.467 e. The predicted octanol–water partition coefficient (Wildman–Crippen LogP) is 5.26. The fourth-order valence-electron chi connectivity index (χ4n) is 4.16. The van der Waals surface area contributed by atoms with Crippen LogP contribution in [0, 0.1) is 17.0 Å². The molecule has 3 rings (SSSR count). The summed E-state index contributed by atoms with van der Waals surface area (Å²) in [5, 5.41) is 14.0. The zero-order valence-electron chi connectivity index (χ0n) is 20.7. The molecule has 7 heteroatoms. The van der Waals surface area contributed by atoms with Crippen LogP contribution in [0.15, 0.2) is 65.3 Å². The van der Waals surface area contributed by atoms with Gasteiger partial charge in [0.05, 0.1) is 24.1 Å². The Kier molecular flexibility index (Phi) is 8.67. The number of amides is 1. The molecule has 0 fully saturated rings. The number of carbonyl (C=O) groups is 1. The van der Waals surface area contributed by atoms with Gasteiger partial charge in [-0.05, 0) is 35.1 Å². The van der Waals surface area contributed by atoms with Crippen LogP contribution in [0.2, 0.25) is 0 Å². The first-order valence-corrected chi connectivity index (χ1v) is 11.8. The number of anilines is 1. The second kappa shape index (κ2) is 11.5. The molecule has 0 aliphatic heterocycles. The number of nitrogens with zero attached hydrogens (tertiary/aromatic N) is 1. The van der Waals surface area contributed by atoms with Gasteiger partial charge in [0, 0.05) is 38.6 Å². The Morgan fingerprint density at radius 2 is 1.71 bits per heavy atom. The third kappa shape index (κ3) is 8.21. The topological polar surface area (TPSA) is 65.7 Å². The number of aliphatic hydroxyl groups excluding tert-OH is 1. The molecule has 2 atom stereocenters. The molecule has 2 N–H and O–H groups in total. The van der Waals surface area contributed by atoms with E-state index < -0.39 is 23.8 Å². The molecule has 0 spiro atoms. The van der Waals surface area contributed by atoms with E-state index in [4.69, 9.17) is 4.42 Å². The molecule has 0 saturated carbocycles. The Bertz CT molecular complexity index is 1090. The fourth-order valence-corrected chi connectivity index (χ4v) is 4.16. The van der Waals surface area contributed by atoms with Gasteiger partial charge in [-0.2, -0.15) is 0 Å². The number of rotatable bonds is 10. The van der Waals surface area contributed by atoms with E-state index in [1.54, 1.807) is 6.26 Å². The highest BCUT2D eigenvalue weighted by molar-refractivity contribution is 5.73. The molecule has 0 saturated heterocycles. The van der Waals surface area contributed by atoms with Gasteiger partial charge >= 0.3 is 0 Å². The second-order valence-electron chi connectivity index (χ2n) is 10.2. The number of aliphatic hydroxyl groups is 1. The summed E-state index contributed by atoms with van der Waals surface area (Å²) in [5.41, 5.74) is 2.25. The van der Waals surface area contributed by atoms with Gasteiger partial charge in [-0.15, -0.1) is 0 Å². The lowest BCUT2D eigenvalue weighted by Gasteiger charge is -2.32. The highest BCUT2D eigenvalue weighted by Crippen LogP contribution is 2.31. The molecule has 2 unspecified atom stereocenters. The summed E-state index contributed by atoms with van der Waals surface area (Å²) in [5.74, 6) is -0.930. The van der Waals surface area contributed by atoms with Crippen molar-refractivity contribution in [2.24, 2.45) is 5.41 Å². The van der Waals surface area contributed by atoms with E-state index in [-0.39, 0.29) is 24.3 Å². The SMILES string of the molecule is CC(=O)NC(Cc1cc(F)cc(F)c1)C(O)CN(Cc1ccccc1)c1ccoc1CC(C)(C)C. The Balaban J connectivity index is 1.89. The normalized spacial score (nSPS) is 13.3. The number of carbonyl (C=O) groups excluding carboxylic acids is 1. The smallest absolute Gasteiger partial charge is 0.217 e. The summed E-state index contributed by atoms with van der Waals surface area (Å²) in [6.07, 6.45) is 1.40. The highest BCUT2D eigenvalue weighted by Gasteiger charge is 2.27. The van der Waals surface area contributed by atoms with Crippen molar-refractivity contribution < 1.29 is 23.1 Å². The first kappa shape index (κ1) is 26.4. The van der Waals surface area contributed by atoms with E-state index in [9.17, 15) is 18.7 Å². The molecule has 0 aliphatic rings. The number of hydrogen-bond donors (Lipinski definition) is 2. The van der Waals surface area contributed by atoms with Gasteiger partial charge < -0.3 is 19.7 Å². The van der Waals surface area contributed by atoms with Crippen LogP contribution in [0.3, 0.4) is 0 Å². The summed E-state index contributed by atoms with van der Waals surface area (Å²) in [6, 6.07) is 14.2. The average molecular weight is 485 g/mol. The zero-order chi connectivity index (χ0) is 25.6. The summed E-state index contributed by atoms with van der Waals surface area (Å²) < 4.78 is 33.3. The van der Waals surface area contributed by atoms with Crippen LogP contribution >= 0.6 is 0 Å². The van der Waals surface area contributed by atoms with Crippen molar-refractivity contribution in [3.8, 4) is 0 Å². The maximum absolute atomic E-state index is 13.8. The van der Waals surface area contributed by atoms with Crippen molar-refractivity contribution in [3.63, 3.8) is 0 Å². The van der Waals surface area contributed by atoms with Crippen molar-refractivity contribution in [3.05, 3.63) is 89.4 Å². The van der Waals surface area contributed by atoms with Crippen LogP contribution in [-0.2, 0) is 24.2 Å². The van der Waals surface area contributed by atoms with Crippen LogP contribution in [0.4, 0.5) is 14.5 Å². The molecule has 35 heavy (non-hydrogen) atoms. The average Bonchev–Trinajstić information content (AvgIpc) is 3.18. The molecule has 188 valence electrons. The number of halogens is 2. The van der Waals surface area contributed by atoms with E-state index >= 15 is 0 Å². The Morgan fingerprint density at radius 1 is 1.06 bits per heavy atom. The number of benzene rings is 2. The Morgan fingerprint density at radius 3 is 2.31 bits per heavy atom. The van der Waals surface area contributed by atoms with Crippen LogP contribution in [0.25, 0.3) is 0 Å². The lowest BCUT2D eigenvalue weighted by atomic mass is 9.90. The molecule has 0 radical (unpaired) electrons. The summed E-state index contributed by atoms with van der Waals surface area (Å²) in [4.78, 5) is 13.9. The number of furan rings is 1. The predicted molar refractivity (Wildman–Crippen MR) is 133 cm³/mol. The zero-order valence-corrected chi connectivity index (χ0v) is 20.7. The second-order valence-corrected chi connectivity index (χ2v) is 10.2. The van der Waals surface area contributed by atoms with Crippen molar-refractivity contribution >= 4 is 11.6 Å². The Labute approximate surface area is 205 Å². The molecule has 1 amide bonds. The minimum Gasteiger partial charge on any atom is -0.467 e. The summed E-state index contributed by atoms with van der Waals surface area (Å²) in [7, 11) is 0. The monoisotopic (exact) mass is 484 g/mol. The lowest BCUT2D eigenvalue weighted by Crippen LogP contribution is -2.49. The van der Waals surface area contributed by atoms with E-state index in [0.717, 1.165) is 23.1 Å². The van der Waals surface area contributed by atoms with Crippen LogP contribution < -0.4 is 10.2 Å². The molecule has 0 aliphatic carbocycles. The minimum atomic E-state index is -1.02. The molecule has 1 heterocycles. The number of hydrogen-bond acceptors (Lipinski definition) is 4. The fraction of sp³-hybridized carbons (Fsp3) is 0.393. The summed E-state index contributed by atoms with van der Waals surface area (Å²) >= 11 is 0. The maximum Gasteiger partial charge on any atom is 0.217 e. The summed E-state index contributed by atoms with van der Waals surface area (Å²) in [6.45, 7) is 8.41. The molecule has 1 aromatic heterocycles. The van der Waals surface area contributed by atoms with Crippen molar-refractivity contribution in [2.45, 2.75) is 59.2 Å². The maximum atomic E-state index is 13.8. The number of nitrogens with one attached hydrogen (secondary N) is 1. The molecule has 0 bridgehead atoms. The van der Waals surface area contributed by atoms with E-state index in [0.29, 0.717) is 18.5 Å². The Hall–Kier alpha value is -3.19. The molecular weight excluding hydrogens is 450 g/mol. The van der Waals surface area contributed by atoms with E-state index in [1.165, 1.54) is 19.1 Å². The van der Waals surface area contributed by atoms with Gasteiger partial charge in [-0.3, -0.25) is 4.79 Å². The van der Waals surface area contributed by atoms with Gasteiger partial charge in [0.1, 0.15) is 17.4 Å². The lowest BCUT2D eigenvalue weighted by molar-refractivity contribution is -0.120. The molecule has 3 aromatic rings. The quantitative estimate of drug-likeness (QED) is 0.412. The minimum absolute atomic E-state index is 0.0101. The van der Waals surface area contributed by atoms with Gasteiger partial charge in [0.2, 0.25) is 5.91 Å². The van der Waals surface area contributed by atoms with Crippen LogP contribution in [-0.4, -0.2) is 29.7 Å². The molecule has 5 nitrogen and oxygen atoms in total. The van der Waals surface area contributed by atoms with Crippen LogP contribution in [0.5, 0.6) is 0 Å². The van der Waals surface area contributed by atoms with E-state index in [1.807, 2.05) is 41.3 Å². The van der Waals surface area contributed by atoms with Crippen molar-refractivity contribution in [2.75, 3.05) is 11.4 Å². The molecule has 2 aromatic carbocycles. The van der Waals surface area contributed by atoms with Crippen LogP contribution in [0.1, 0.15) is 44.6 Å². The van der Waals surface area contributed by atoms with Gasteiger partial charge in [-0.25, -0.2) is 8.78 Å². The first-order valence-electron chi connectivity index (χ1n) is 11.8. The molecular formula is C28H34F2N2O3. The van der Waals surface area contributed by atoms with Gasteiger partial charge in [0.25, 0.3) is 0 Å². The standard InChI is InChI=1S/C28H34F2N2O3/c1-19(33)31-24(14-21-12-22(29)15-23(30)13-21)26(34)18-32(17-20-8-6-5-7-9-20)25-10-11-35-27(25)16-28(2,3)4/h5-13,15,24,26,34H,14,16-18H2,1-4H3,(H,31,33). The van der Waals surface area contributed by atoms with Crippen molar-refractivity contribution in [1.29, 1.82) is 0 Å². The van der Waals surface area contributed by atoms with Crippen molar-refractivity contribution in [1.82, 2.24) is 5.32 Å².